The average Bonchev–Trinajstić information content (AvgIpc) is 2.82. The van der Waals surface area contributed by atoms with Crippen molar-refractivity contribution in [3.05, 3.63) is 52.0 Å². The fourth-order valence-electron chi connectivity index (χ4n) is 2.01. The molecule has 2 N–H and O–H groups in total. The Labute approximate surface area is 124 Å². The molecule has 1 heterocycles. The fourth-order valence-corrected chi connectivity index (χ4v) is 2.33. The van der Waals surface area contributed by atoms with E-state index in [1.807, 2.05) is 0 Å². The minimum Gasteiger partial charge on any atom is -0.478 e. The van der Waals surface area contributed by atoms with Gasteiger partial charge in [0.1, 0.15) is 5.82 Å². The average molecular weight is 307 g/mol. The van der Waals surface area contributed by atoms with E-state index in [0.717, 1.165) is 0 Å². The van der Waals surface area contributed by atoms with Gasteiger partial charge in [0, 0.05) is 5.56 Å². The Morgan fingerprint density at radius 3 is 2.60 bits per heavy atom. The summed E-state index contributed by atoms with van der Waals surface area (Å²) in [5.41, 5.74) is 2.04. The molecule has 20 heavy (non-hydrogen) atoms. The van der Waals surface area contributed by atoms with E-state index in [1.165, 1.54) is 6.07 Å². The molecule has 0 bridgehead atoms. The fraction of sp³-hybridized carbons (Fsp3) is 0. The number of hydrogen-bond donors (Lipinski definition) is 2. The van der Waals surface area contributed by atoms with Gasteiger partial charge in [-0.25, -0.2) is 9.78 Å². The van der Waals surface area contributed by atoms with Crippen molar-refractivity contribution in [1.82, 2.24) is 9.97 Å². The van der Waals surface area contributed by atoms with Crippen LogP contribution in [0.2, 0.25) is 10.0 Å². The van der Waals surface area contributed by atoms with Gasteiger partial charge in [-0.1, -0.05) is 41.4 Å². The molecule has 6 heteroatoms. The van der Waals surface area contributed by atoms with Gasteiger partial charge in [-0.15, -0.1) is 0 Å². The third-order valence-corrected chi connectivity index (χ3v) is 3.66. The van der Waals surface area contributed by atoms with Crippen molar-refractivity contribution < 1.29 is 9.90 Å². The van der Waals surface area contributed by atoms with Crippen molar-refractivity contribution in [1.29, 1.82) is 0 Å². The lowest BCUT2D eigenvalue weighted by molar-refractivity contribution is 0.0697. The Morgan fingerprint density at radius 1 is 1.15 bits per heavy atom. The molecule has 1 aromatic heterocycles. The third kappa shape index (κ3) is 2.13. The zero-order valence-corrected chi connectivity index (χ0v) is 11.5. The molecule has 0 spiro atoms. The van der Waals surface area contributed by atoms with E-state index in [1.54, 1.807) is 30.3 Å². The van der Waals surface area contributed by atoms with Crippen LogP contribution < -0.4 is 0 Å². The first kappa shape index (κ1) is 13.0. The number of hydrogen-bond acceptors (Lipinski definition) is 2. The van der Waals surface area contributed by atoms with Gasteiger partial charge < -0.3 is 10.1 Å². The summed E-state index contributed by atoms with van der Waals surface area (Å²) in [6.07, 6.45) is 0. The molecular formula is C14H8Cl2N2O2. The molecule has 0 radical (unpaired) electrons. The second kappa shape index (κ2) is 4.81. The van der Waals surface area contributed by atoms with Crippen LogP contribution in [0.3, 0.4) is 0 Å². The quantitative estimate of drug-likeness (QED) is 0.744. The Balaban J connectivity index is 2.23. The van der Waals surface area contributed by atoms with E-state index in [9.17, 15) is 9.90 Å². The Hall–Kier alpha value is -2.04. The van der Waals surface area contributed by atoms with Gasteiger partial charge in [0.15, 0.2) is 0 Å². The highest BCUT2D eigenvalue weighted by molar-refractivity contribution is 6.42. The highest BCUT2D eigenvalue weighted by Gasteiger charge is 2.14. The number of aromatic amines is 1. The second-order valence-corrected chi connectivity index (χ2v) is 5.03. The number of imidazole rings is 1. The molecule has 0 saturated heterocycles. The lowest BCUT2D eigenvalue weighted by atomic mass is 10.1. The van der Waals surface area contributed by atoms with Gasteiger partial charge in [-0.3, -0.25) is 0 Å². The van der Waals surface area contributed by atoms with Crippen molar-refractivity contribution in [2.24, 2.45) is 0 Å². The number of carbonyl (C=O) groups is 1. The predicted molar refractivity (Wildman–Crippen MR) is 78.5 cm³/mol. The summed E-state index contributed by atoms with van der Waals surface area (Å²) in [4.78, 5) is 18.7. The number of halogens is 2. The van der Waals surface area contributed by atoms with Crippen LogP contribution in [0.5, 0.6) is 0 Å². The molecule has 0 unspecified atom stereocenters. The number of benzene rings is 2. The number of carboxylic acid groups (broad SMARTS) is 1. The zero-order chi connectivity index (χ0) is 14.3. The number of aromatic nitrogens is 2. The van der Waals surface area contributed by atoms with E-state index >= 15 is 0 Å². The molecule has 0 aliphatic rings. The summed E-state index contributed by atoms with van der Waals surface area (Å²) in [6, 6.07) is 9.97. The standard InChI is InChI=1S/C14H8Cl2N2O2/c15-9-5-11-12(6-10(9)16)18-13(17-11)7-3-1-2-4-8(7)14(19)20/h1-6H,(H,17,18)(H,19,20). The Bertz CT molecular complexity index is 788. The second-order valence-electron chi connectivity index (χ2n) is 4.22. The van der Waals surface area contributed by atoms with Gasteiger partial charge in [0.2, 0.25) is 0 Å². The summed E-state index contributed by atoms with van der Waals surface area (Å²) in [5, 5.41) is 10.0. The highest BCUT2D eigenvalue weighted by atomic mass is 35.5. The Kier molecular flexibility index (Phi) is 3.12. The molecule has 0 aliphatic carbocycles. The minimum absolute atomic E-state index is 0.184. The Morgan fingerprint density at radius 2 is 1.85 bits per heavy atom. The maximum Gasteiger partial charge on any atom is 0.336 e. The van der Waals surface area contributed by atoms with Crippen LogP contribution in [0, 0.1) is 0 Å². The lowest BCUT2D eigenvalue weighted by Crippen LogP contribution is -1.99. The molecule has 0 atom stereocenters. The van der Waals surface area contributed by atoms with Crippen molar-refractivity contribution in [3.63, 3.8) is 0 Å². The van der Waals surface area contributed by atoms with Crippen molar-refractivity contribution in [3.8, 4) is 11.4 Å². The molecule has 4 nitrogen and oxygen atoms in total. The van der Waals surface area contributed by atoms with Crippen molar-refractivity contribution in [2.75, 3.05) is 0 Å². The first-order chi connectivity index (χ1) is 9.56. The predicted octanol–water partition coefficient (Wildman–Crippen LogP) is 4.23. The van der Waals surface area contributed by atoms with Gasteiger partial charge >= 0.3 is 5.97 Å². The number of aromatic carboxylic acids is 1. The van der Waals surface area contributed by atoms with Crippen LogP contribution in [0.4, 0.5) is 0 Å². The third-order valence-electron chi connectivity index (χ3n) is 2.94. The topological polar surface area (TPSA) is 66.0 Å². The van der Waals surface area contributed by atoms with E-state index in [-0.39, 0.29) is 5.56 Å². The largest absolute Gasteiger partial charge is 0.478 e. The van der Waals surface area contributed by atoms with Gasteiger partial charge in [0.25, 0.3) is 0 Å². The maximum absolute atomic E-state index is 11.2. The number of nitrogens with one attached hydrogen (secondary N) is 1. The first-order valence-electron chi connectivity index (χ1n) is 5.73. The summed E-state index contributed by atoms with van der Waals surface area (Å²) in [6.45, 7) is 0. The number of H-pyrrole nitrogens is 1. The number of fused-ring (bicyclic) bond motifs is 1. The molecule has 0 fully saturated rings. The molecule has 100 valence electrons. The first-order valence-corrected chi connectivity index (χ1v) is 6.49. The summed E-state index contributed by atoms with van der Waals surface area (Å²) < 4.78 is 0. The van der Waals surface area contributed by atoms with Crippen molar-refractivity contribution in [2.45, 2.75) is 0 Å². The van der Waals surface area contributed by atoms with Crippen molar-refractivity contribution >= 4 is 40.2 Å². The van der Waals surface area contributed by atoms with Crippen LogP contribution in [0.1, 0.15) is 10.4 Å². The maximum atomic E-state index is 11.2. The molecule has 0 saturated carbocycles. The smallest absolute Gasteiger partial charge is 0.336 e. The van der Waals surface area contributed by atoms with Gasteiger partial charge in [0.05, 0.1) is 26.6 Å². The normalized spacial score (nSPS) is 10.9. The summed E-state index contributed by atoms with van der Waals surface area (Å²) >= 11 is 11.9. The monoisotopic (exact) mass is 306 g/mol. The zero-order valence-electron chi connectivity index (χ0n) is 10.0. The molecule has 3 rings (SSSR count). The van der Waals surface area contributed by atoms with Crippen LogP contribution in [-0.2, 0) is 0 Å². The molecule has 0 aliphatic heterocycles. The lowest BCUT2D eigenvalue weighted by Gasteiger charge is -2.01. The molecule has 0 amide bonds. The molecule has 3 aromatic rings. The van der Waals surface area contributed by atoms with Gasteiger partial charge in [-0.2, -0.15) is 0 Å². The summed E-state index contributed by atoms with van der Waals surface area (Å²) in [5.74, 6) is -0.534. The SMILES string of the molecule is O=C(O)c1ccccc1-c1nc2cc(Cl)c(Cl)cc2[nH]1. The summed E-state index contributed by atoms with van der Waals surface area (Å²) in [7, 11) is 0. The number of nitrogens with zero attached hydrogens (tertiary/aromatic N) is 1. The van der Waals surface area contributed by atoms with E-state index < -0.39 is 5.97 Å². The van der Waals surface area contributed by atoms with Crippen LogP contribution >= 0.6 is 23.2 Å². The van der Waals surface area contributed by atoms with Crippen LogP contribution in [0.15, 0.2) is 36.4 Å². The van der Waals surface area contributed by atoms with Crippen LogP contribution in [-0.4, -0.2) is 21.0 Å². The van der Waals surface area contributed by atoms with Crippen LogP contribution in [0.25, 0.3) is 22.4 Å². The minimum atomic E-state index is -1.00. The number of carboxylic acids is 1. The van der Waals surface area contributed by atoms with E-state index in [4.69, 9.17) is 23.2 Å². The number of rotatable bonds is 2. The molecule has 2 aromatic carbocycles. The molecular weight excluding hydrogens is 299 g/mol. The van der Waals surface area contributed by atoms with E-state index in [0.29, 0.717) is 32.5 Å². The highest BCUT2D eigenvalue weighted by Crippen LogP contribution is 2.29. The van der Waals surface area contributed by atoms with Gasteiger partial charge in [-0.05, 0) is 18.2 Å². The van der Waals surface area contributed by atoms with E-state index in [2.05, 4.69) is 9.97 Å².